The van der Waals surface area contributed by atoms with Crippen molar-refractivity contribution in [3.8, 4) is 0 Å². The SMILES string of the molecule is OC[C@H]1CC[C@H]1c1ccccc1. The van der Waals surface area contributed by atoms with Crippen LogP contribution in [0.5, 0.6) is 0 Å². The Morgan fingerprint density at radius 2 is 1.92 bits per heavy atom. The van der Waals surface area contributed by atoms with Crippen LogP contribution in [0, 0.1) is 5.92 Å². The van der Waals surface area contributed by atoms with Crippen molar-refractivity contribution in [3.63, 3.8) is 0 Å². The molecule has 2 atom stereocenters. The Bertz CT molecular complexity index is 240. The molecule has 0 saturated heterocycles. The van der Waals surface area contributed by atoms with E-state index < -0.39 is 0 Å². The van der Waals surface area contributed by atoms with E-state index in [2.05, 4.69) is 24.3 Å². The van der Waals surface area contributed by atoms with Gasteiger partial charge in [-0.05, 0) is 30.2 Å². The summed E-state index contributed by atoms with van der Waals surface area (Å²) in [5.74, 6) is 1.14. The molecule has 1 fully saturated rings. The summed E-state index contributed by atoms with van der Waals surface area (Å²) in [7, 11) is 0. The van der Waals surface area contributed by atoms with Crippen LogP contribution in [0.1, 0.15) is 24.3 Å². The highest BCUT2D eigenvalue weighted by Gasteiger charge is 2.30. The van der Waals surface area contributed by atoms with Gasteiger partial charge < -0.3 is 5.11 Å². The molecule has 1 saturated carbocycles. The molecule has 0 amide bonds. The first-order valence-electron chi connectivity index (χ1n) is 4.57. The predicted octanol–water partition coefficient (Wildman–Crippen LogP) is 2.17. The third kappa shape index (κ3) is 1.25. The van der Waals surface area contributed by atoms with Crippen molar-refractivity contribution in [2.24, 2.45) is 5.92 Å². The molecule has 0 radical (unpaired) electrons. The highest BCUT2D eigenvalue weighted by molar-refractivity contribution is 5.22. The lowest BCUT2D eigenvalue weighted by Crippen LogP contribution is -2.26. The fourth-order valence-electron chi connectivity index (χ4n) is 1.93. The minimum Gasteiger partial charge on any atom is -0.396 e. The molecule has 1 nitrogen and oxygen atoms in total. The van der Waals surface area contributed by atoms with E-state index in [9.17, 15) is 0 Å². The minimum absolute atomic E-state index is 0.347. The van der Waals surface area contributed by atoms with Crippen LogP contribution in [0.2, 0.25) is 0 Å². The van der Waals surface area contributed by atoms with Crippen molar-refractivity contribution in [3.05, 3.63) is 35.9 Å². The molecule has 1 aliphatic rings. The van der Waals surface area contributed by atoms with Gasteiger partial charge in [-0.15, -0.1) is 0 Å². The Hall–Kier alpha value is -0.820. The summed E-state index contributed by atoms with van der Waals surface area (Å²) in [5.41, 5.74) is 1.39. The van der Waals surface area contributed by atoms with E-state index in [0.717, 1.165) is 0 Å². The number of rotatable bonds is 2. The van der Waals surface area contributed by atoms with Crippen LogP contribution in [0.15, 0.2) is 30.3 Å². The number of hydrogen-bond donors (Lipinski definition) is 1. The van der Waals surface area contributed by atoms with E-state index in [1.54, 1.807) is 0 Å². The smallest absolute Gasteiger partial charge is 0.0465 e. The molecule has 1 N–H and O–H groups in total. The summed E-state index contributed by atoms with van der Waals surface area (Å²) in [4.78, 5) is 0. The number of hydrogen-bond acceptors (Lipinski definition) is 1. The van der Waals surface area contributed by atoms with Gasteiger partial charge in [0.1, 0.15) is 0 Å². The van der Waals surface area contributed by atoms with Crippen molar-refractivity contribution >= 4 is 0 Å². The van der Waals surface area contributed by atoms with Gasteiger partial charge in [0.15, 0.2) is 0 Å². The molecule has 1 aromatic rings. The third-order valence-electron chi connectivity index (χ3n) is 2.88. The lowest BCUT2D eigenvalue weighted by molar-refractivity contribution is 0.135. The van der Waals surface area contributed by atoms with E-state index in [1.165, 1.54) is 18.4 Å². The number of benzene rings is 1. The van der Waals surface area contributed by atoms with E-state index in [1.807, 2.05) is 6.07 Å². The molecule has 0 aromatic heterocycles. The first-order chi connectivity index (χ1) is 5.92. The van der Waals surface area contributed by atoms with Crippen LogP contribution >= 0.6 is 0 Å². The zero-order valence-corrected chi connectivity index (χ0v) is 7.11. The quantitative estimate of drug-likeness (QED) is 0.706. The van der Waals surface area contributed by atoms with Gasteiger partial charge in [-0.25, -0.2) is 0 Å². The van der Waals surface area contributed by atoms with Gasteiger partial charge in [0.2, 0.25) is 0 Å². The molecule has 1 heteroatoms. The van der Waals surface area contributed by atoms with Gasteiger partial charge in [0.25, 0.3) is 0 Å². The third-order valence-corrected chi connectivity index (χ3v) is 2.88. The highest BCUT2D eigenvalue weighted by Crippen LogP contribution is 2.41. The predicted molar refractivity (Wildman–Crippen MR) is 49.0 cm³/mol. The van der Waals surface area contributed by atoms with Crippen molar-refractivity contribution < 1.29 is 5.11 Å². The van der Waals surface area contributed by atoms with E-state index in [-0.39, 0.29) is 0 Å². The highest BCUT2D eigenvalue weighted by atomic mass is 16.3. The molecule has 0 bridgehead atoms. The Morgan fingerprint density at radius 3 is 2.42 bits per heavy atom. The Labute approximate surface area is 73.0 Å². The molecular formula is C11H14O. The second kappa shape index (κ2) is 3.28. The molecule has 0 heterocycles. The fraction of sp³-hybridized carbons (Fsp3) is 0.455. The summed E-state index contributed by atoms with van der Waals surface area (Å²) >= 11 is 0. The summed E-state index contributed by atoms with van der Waals surface area (Å²) in [5, 5.41) is 9.02. The van der Waals surface area contributed by atoms with Gasteiger partial charge >= 0.3 is 0 Å². The zero-order valence-electron chi connectivity index (χ0n) is 7.11. The largest absolute Gasteiger partial charge is 0.396 e. The van der Waals surface area contributed by atoms with Crippen LogP contribution < -0.4 is 0 Å². The maximum absolute atomic E-state index is 9.02. The van der Waals surface area contributed by atoms with Crippen molar-refractivity contribution in [2.75, 3.05) is 6.61 Å². The average molecular weight is 162 g/mol. The summed E-state index contributed by atoms with van der Waals surface area (Å²) in [6.07, 6.45) is 2.44. The summed E-state index contributed by atoms with van der Waals surface area (Å²) < 4.78 is 0. The maximum Gasteiger partial charge on any atom is 0.0465 e. The monoisotopic (exact) mass is 162 g/mol. The molecule has 0 aliphatic heterocycles. The van der Waals surface area contributed by atoms with Gasteiger partial charge in [0.05, 0.1) is 0 Å². The maximum atomic E-state index is 9.02. The molecule has 64 valence electrons. The van der Waals surface area contributed by atoms with Gasteiger partial charge in [-0.2, -0.15) is 0 Å². The minimum atomic E-state index is 0.347. The van der Waals surface area contributed by atoms with Gasteiger partial charge in [-0.1, -0.05) is 30.3 Å². The van der Waals surface area contributed by atoms with Gasteiger partial charge in [0, 0.05) is 6.61 Å². The van der Waals surface area contributed by atoms with Crippen molar-refractivity contribution in [2.45, 2.75) is 18.8 Å². The second-order valence-electron chi connectivity index (χ2n) is 3.54. The van der Waals surface area contributed by atoms with Crippen LogP contribution in [0.3, 0.4) is 0 Å². The van der Waals surface area contributed by atoms with Crippen molar-refractivity contribution in [1.82, 2.24) is 0 Å². The molecule has 0 unspecified atom stereocenters. The number of aliphatic hydroxyl groups is 1. The zero-order chi connectivity index (χ0) is 8.39. The molecule has 0 spiro atoms. The standard InChI is InChI=1S/C11H14O/c12-8-10-6-7-11(10)9-4-2-1-3-5-9/h1-5,10-12H,6-8H2/t10-,11+/m1/s1. The van der Waals surface area contributed by atoms with Crippen LogP contribution in [0.4, 0.5) is 0 Å². The Balaban J connectivity index is 2.11. The van der Waals surface area contributed by atoms with Crippen LogP contribution in [0.25, 0.3) is 0 Å². The molecular weight excluding hydrogens is 148 g/mol. The van der Waals surface area contributed by atoms with Crippen LogP contribution in [-0.4, -0.2) is 11.7 Å². The second-order valence-corrected chi connectivity index (χ2v) is 3.54. The summed E-state index contributed by atoms with van der Waals surface area (Å²) in [6, 6.07) is 10.5. The van der Waals surface area contributed by atoms with E-state index >= 15 is 0 Å². The lowest BCUT2D eigenvalue weighted by atomic mass is 9.70. The number of aliphatic hydroxyl groups excluding tert-OH is 1. The first-order valence-corrected chi connectivity index (χ1v) is 4.57. The molecule has 2 rings (SSSR count). The van der Waals surface area contributed by atoms with Crippen LogP contribution in [-0.2, 0) is 0 Å². The van der Waals surface area contributed by atoms with Gasteiger partial charge in [-0.3, -0.25) is 0 Å². The normalized spacial score (nSPS) is 28.1. The molecule has 1 aromatic carbocycles. The topological polar surface area (TPSA) is 20.2 Å². The molecule has 12 heavy (non-hydrogen) atoms. The van der Waals surface area contributed by atoms with E-state index in [4.69, 9.17) is 5.11 Å². The Kier molecular flexibility index (Phi) is 2.13. The lowest BCUT2D eigenvalue weighted by Gasteiger charge is -2.35. The summed E-state index contributed by atoms with van der Waals surface area (Å²) in [6.45, 7) is 0.347. The van der Waals surface area contributed by atoms with E-state index in [0.29, 0.717) is 18.4 Å². The first kappa shape index (κ1) is 7.81. The Morgan fingerprint density at radius 1 is 1.17 bits per heavy atom. The average Bonchev–Trinajstić information content (AvgIpc) is 2.05. The molecule has 1 aliphatic carbocycles. The fourth-order valence-corrected chi connectivity index (χ4v) is 1.93. The van der Waals surface area contributed by atoms with Crippen molar-refractivity contribution in [1.29, 1.82) is 0 Å².